The highest BCUT2D eigenvalue weighted by molar-refractivity contribution is 5.90. The van der Waals surface area contributed by atoms with Gasteiger partial charge < -0.3 is 30.1 Å². The lowest BCUT2D eigenvalue weighted by molar-refractivity contribution is -0.384. The van der Waals surface area contributed by atoms with Crippen molar-refractivity contribution in [3.05, 3.63) is 99.6 Å². The van der Waals surface area contributed by atoms with Crippen LogP contribution < -0.4 is 15.5 Å². The first-order chi connectivity index (χ1) is 24.3. The second kappa shape index (κ2) is 13.9. The van der Waals surface area contributed by atoms with E-state index in [1.807, 2.05) is 60.7 Å². The van der Waals surface area contributed by atoms with Gasteiger partial charge in [-0.1, -0.05) is 36.4 Å². The maximum absolute atomic E-state index is 13.4. The molecule has 264 valence electrons. The first kappa shape index (κ1) is 33.1. The summed E-state index contributed by atoms with van der Waals surface area (Å²) >= 11 is 0. The predicted octanol–water partition coefficient (Wildman–Crippen LogP) is 6.55. The Labute approximate surface area is 293 Å². The fourth-order valence-corrected chi connectivity index (χ4v) is 9.72. The van der Waals surface area contributed by atoms with Gasteiger partial charge in [0.05, 0.1) is 23.7 Å². The number of anilines is 2. The fourth-order valence-electron chi connectivity index (χ4n) is 9.72. The van der Waals surface area contributed by atoms with E-state index < -0.39 is 6.29 Å². The van der Waals surface area contributed by atoms with E-state index in [0.717, 1.165) is 92.1 Å². The number of aliphatic hydroxyl groups excluding tert-OH is 1. The molecule has 2 heterocycles. The van der Waals surface area contributed by atoms with E-state index in [1.165, 1.54) is 19.3 Å². The average molecular weight is 682 g/mol. The van der Waals surface area contributed by atoms with Gasteiger partial charge in [0.25, 0.3) is 5.69 Å². The number of amides is 2. The number of hydrogen-bond donors (Lipinski definition) is 3. The highest BCUT2D eigenvalue weighted by Gasteiger charge is 2.51. The Morgan fingerprint density at radius 3 is 2.18 bits per heavy atom. The summed E-state index contributed by atoms with van der Waals surface area (Å²) in [6, 6.07) is 22.3. The number of nitrogens with one attached hydrogen (secondary N) is 2. The molecule has 0 aromatic heterocycles. The predicted molar refractivity (Wildman–Crippen MR) is 190 cm³/mol. The van der Waals surface area contributed by atoms with Crippen molar-refractivity contribution in [2.75, 3.05) is 42.9 Å². The third-order valence-corrected chi connectivity index (χ3v) is 11.7. The van der Waals surface area contributed by atoms with E-state index >= 15 is 0 Å². The summed E-state index contributed by atoms with van der Waals surface area (Å²) in [5.41, 5.74) is 4.47. The summed E-state index contributed by atoms with van der Waals surface area (Å²) in [7, 11) is 0. The molecule has 0 spiro atoms. The Hall–Kier alpha value is -4.03. The van der Waals surface area contributed by atoms with E-state index in [2.05, 4.69) is 20.4 Å². The molecular weight excluding hydrogens is 634 g/mol. The molecule has 6 aliphatic rings. The first-order valence-electron chi connectivity index (χ1n) is 18.2. The second-order valence-electron chi connectivity index (χ2n) is 15.3. The van der Waals surface area contributed by atoms with Gasteiger partial charge in [0, 0.05) is 73.8 Å². The van der Waals surface area contributed by atoms with Gasteiger partial charge in [0.1, 0.15) is 0 Å². The monoisotopic (exact) mass is 681 g/mol. The van der Waals surface area contributed by atoms with Crippen molar-refractivity contribution < 1.29 is 24.3 Å². The average Bonchev–Trinajstić information content (AvgIpc) is 3.11. The standard InChI is InChI=1S/C39H47N5O6/c45-25-26-4-6-30(7-5-26)36-20-35(24-42-12-14-43(15-13-42)33-8-10-34(11-9-33)44(47)48)49-37(50-36)31-2-1-3-32(19-31)40-38(46)41-39-21-27-16-28(22-39)18-29(17-27)23-39/h1-11,19,27-29,35-37,45H,12-18,20-25H2,(H2,40,41,46)/t27?,28?,29?,35-,36+,37+,39?/m1/s1. The van der Waals surface area contributed by atoms with Crippen molar-refractivity contribution in [2.24, 2.45) is 17.8 Å². The Balaban J connectivity index is 0.935. The van der Waals surface area contributed by atoms with Crippen LogP contribution in [0.15, 0.2) is 72.8 Å². The molecule has 4 bridgehead atoms. The number of rotatable bonds is 9. The minimum Gasteiger partial charge on any atom is -0.392 e. The van der Waals surface area contributed by atoms with Crippen LogP contribution in [-0.4, -0.2) is 65.3 Å². The van der Waals surface area contributed by atoms with Crippen molar-refractivity contribution in [1.29, 1.82) is 0 Å². The number of benzene rings is 3. The number of hydrogen-bond acceptors (Lipinski definition) is 8. The van der Waals surface area contributed by atoms with Gasteiger partial charge in [-0.3, -0.25) is 15.0 Å². The van der Waals surface area contributed by atoms with Crippen LogP contribution in [0.25, 0.3) is 0 Å². The summed E-state index contributed by atoms with van der Waals surface area (Å²) in [4.78, 5) is 28.7. The summed E-state index contributed by atoms with van der Waals surface area (Å²) in [6.45, 7) is 4.05. The number of piperazine rings is 1. The minimum absolute atomic E-state index is 0.0117. The third-order valence-electron chi connectivity index (χ3n) is 11.7. The Morgan fingerprint density at radius 2 is 1.54 bits per heavy atom. The van der Waals surface area contributed by atoms with E-state index in [0.29, 0.717) is 12.1 Å². The zero-order valence-electron chi connectivity index (χ0n) is 28.4. The molecule has 3 atom stereocenters. The van der Waals surface area contributed by atoms with Gasteiger partial charge in [-0.15, -0.1) is 0 Å². The van der Waals surface area contributed by atoms with Gasteiger partial charge in [-0.25, -0.2) is 4.79 Å². The van der Waals surface area contributed by atoms with Crippen LogP contribution >= 0.6 is 0 Å². The van der Waals surface area contributed by atoms with Crippen LogP contribution in [0.5, 0.6) is 0 Å². The topological polar surface area (TPSA) is 129 Å². The van der Waals surface area contributed by atoms with E-state index in [4.69, 9.17) is 9.47 Å². The first-order valence-corrected chi connectivity index (χ1v) is 18.2. The molecule has 9 rings (SSSR count). The number of carbonyl (C=O) groups excluding carboxylic acids is 1. The molecule has 2 amide bonds. The zero-order valence-corrected chi connectivity index (χ0v) is 28.4. The molecule has 0 unspecified atom stereocenters. The summed E-state index contributed by atoms with van der Waals surface area (Å²) in [5, 5.41) is 27.2. The van der Waals surface area contributed by atoms with Crippen molar-refractivity contribution in [3.8, 4) is 0 Å². The number of non-ortho nitro benzene ring substituents is 1. The molecule has 3 N–H and O–H groups in total. The quantitative estimate of drug-likeness (QED) is 0.172. The highest BCUT2D eigenvalue weighted by atomic mass is 16.7. The van der Waals surface area contributed by atoms with Crippen LogP contribution in [0.4, 0.5) is 21.9 Å². The fraction of sp³-hybridized carbons (Fsp3) is 0.513. The van der Waals surface area contributed by atoms with Crippen LogP contribution in [0.1, 0.15) is 74.0 Å². The molecular formula is C39H47N5O6. The van der Waals surface area contributed by atoms with Gasteiger partial charge in [-0.2, -0.15) is 0 Å². The molecule has 0 radical (unpaired) electrons. The number of nitro groups is 1. The van der Waals surface area contributed by atoms with Crippen LogP contribution in [0.3, 0.4) is 0 Å². The van der Waals surface area contributed by atoms with Crippen molar-refractivity contribution in [2.45, 2.75) is 75.6 Å². The molecule has 11 nitrogen and oxygen atoms in total. The molecule has 11 heteroatoms. The van der Waals surface area contributed by atoms with Gasteiger partial charge >= 0.3 is 6.03 Å². The molecule has 2 aliphatic heterocycles. The second-order valence-corrected chi connectivity index (χ2v) is 15.3. The Morgan fingerprint density at radius 1 is 0.860 bits per heavy atom. The third kappa shape index (κ3) is 7.23. The van der Waals surface area contributed by atoms with Crippen molar-refractivity contribution >= 4 is 23.1 Å². The van der Waals surface area contributed by atoms with E-state index in [9.17, 15) is 20.0 Å². The van der Waals surface area contributed by atoms with Crippen LogP contribution in [0, 0.1) is 27.9 Å². The minimum atomic E-state index is -0.620. The molecule has 3 aromatic rings. The smallest absolute Gasteiger partial charge is 0.319 e. The number of aliphatic hydroxyl groups is 1. The normalized spacial score (nSPS) is 30.6. The molecule has 4 saturated carbocycles. The lowest BCUT2D eigenvalue weighted by Crippen LogP contribution is -2.60. The molecule has 50 heavy (non-hydrogen) atoms. The van der Waals surface area contributed by atoms with Crippen LogP contribution in [0.2, 0.25) is 0 Å². The zero-order chi connectivity index (χ0) is 34.2. The molecule has 3 aromatic carbocycles. The van der Waals surface area contributed by atoms with Gasteiger partial charge in [-0.05, 0) is 91.7 Å². The SMILES string of the molecule is O=C(Nc1cccc([C@H]2O[C@@H](CN3CCN(c4ccc([N+](=O)[O-])cc4)CC3)C[C@@H](c3ccc(CO)cc3)O2)c1)NC12CC3CC(CC(C3)C1)C2. The lowest BCUT2D eigenvalue weighted by Gasteiger charge is -2.56. The maximum Gasteiger partial charge on any atom is 0.319 e. The van der Waals surface area contributed by atoms with Crippen LogP contribution in [-0.2, 0) is 16.1 Å². The maximum atomic E-state index is 13.4. The molecule has 6 fully saturated rings. The summed E-state index contributed by atoms with van der Waals surface area (Å²) < 4.78 is 13.3. The lowest BCUT2D eigenvalue weighted by atomic mass is 9.53. The molecule has 4 aliphatic carbocycles. The molecule has 2 saturated heterocycles. The Kier molecular flexibility index (Phi) is 9.24. The number of nitro benzene ring substituents is 1. The van der Waals surface area contributed by atoms with Gasteiger partial charge in [0.2, 0.25) is 0 Å². The van der Waals surface area contributed by atoms with Gasteiger partial charge in [0.15, 0.2) is 6.29 Å². The number of urea groups is 1. The highest BCUT2D eigenvalue weighted by Crippen LogP contribution is 2.55. The summed E-state index contributed by atoms with van der Waals surface area (Å²) in [5.74, 6) is 2.26. The largest absolute Gasteiger partial charge is 0.392 e. The number of ether oxygens (including phenoxy) is 2. The summed E-state index contributed by atoms with van der Waals surface area (Å²) in [6.07, 6.45) is 7.06. The Bertz CT molecular complexity index is 1640. The van der Waals surface area contributed by atoms with Crippen molar-refractivity contribution in [1.82, 2.24) is 10.2 Å². The van der Waals surface area contributed by atoms with E-state index in [-0.39, 0.29) is 41.0 Å². The number of carbonyl (C=O) groups is 1. The van der Waals surface area contributed by atoms with Crippen molar-refractivity contribution in [3.63, 3.8) is 0 Å². The number of nitrogens with zero attached hydrogens (tertiary/aromatic N) is 3. The van der Waals surface area contributed by atoms with E-state index in [1.54, 1.807) is 12.1 Å².